The van der Waals surface area contributed by atoms with Crippen LogP contribution in [0.25, 0.3) is 10.2 Å². The number of carbonyl (C=O) groups excluding carboxylic acids is 1. The van der Waals surface area contributed by atoms with E-state index in [0.717, 1.165) is 29.0 Å². The van der Waals surface area contributed by atoms with Gasteiger partial charge < -0.3 is 4.74 Å². The number of rotatable bonds is 6. The van der Waals surface area contributed by atoms with Crippen molar-refractivity contribution < 1.29 is 13.9 Å². The average molecular weight is 437 g/mol. The topological polar surface area (TPSA) is 42.4 Å². The van der Waals surface area contributed by atoms with Crippen molar-refractivity contribution in [2.45, 2.75) is 23.8 Å². The summed E-state index contributed by atoms with van der Waals surface area (Å²) >= 11 is 9.09. The van der Waals surface area contributed by atoms with Crippen molar-refractivity contribution >= 4 is 56.0 Å². The minimum absolute atomic E-state index is 0.0160. The number of thiazole rings is 1. The fourth-order valence-electron chi connectivity index (χ4n) is 3.05. The fourth-order valence-corrected chi connectivity index (χ4v) is 5.12. The van der Waals surface area contributed by atoms with E-state index >= 15 is 0 Å². The van der Waals surface area contributed by atoms with E-state index in [9.17, 15) is 9.18 Å². The van der Waals surface area contributed by atoms with Crippen molar-refractivity contribution in [2.24, 2.45) is 0 Å². The number of anilines is 1. The Kier molecular flexibility index (Phi) is 6.16. The molecule has 0 aliphatic carbocycles. The minimum Gasteiger partial charge on any atom is -0.376 e. The summed E-state index contributed by atoms with van der Waals surface area (Å²) in [7, 11) is 0. The molecule has 1 saturated heterocycles. The molecule has 0 bridgehead atoms. The molecular weight excluding hydrogens is 419 g/mol. The first-order chi connectivity index (χ1) is 13.6. The van der Waals surface area contributed by atoms with Crippen LogP contribution in [0.15, 0.2) is 47.4 Å². The molecule has 1 aliphatic heterocycles. The molecule has 4 nitrogen and oxygen atoms in total. The van der Waals surface area contributed by atoms with Crippen LogP contribution in [0.5, 0.6) is 0 Å². The fraction of sp³-hybridized carbons (Fsp3) is 0.300. The number of fused-ring (bicyclic) bond motifs is 1. The number of halogens is 2. The molecule has 8 heteroatoms. The van der Waals surface area contributed by atoms with Crippen LogP contribution in [0.4, 0.5) is 9.52 Å². The maximum Gasteiger partial charge on any atom is 0.239 e. The van der Waals surface area contributed by atoms with E-state index in [4.69, 9.17) is 16.3 Å². The summed E-state index contributed by atoms with van der Waals surface area (Å²) in [6.07, 6.45) is 1.95. The number of carbonyl (C=O) groups is 1. The van der Waals surface area contributed by atoms with E-state index < -0.39 is 0 Å². The molecule has 1 aromatic heterocycles. The van der Waals surface area contributed by atoms with Crippen molar-refractivity contribution in [3.63, 3.8) is 0 Å². The molecule has 0 radical (unpaired) electrons. The van der Waals surface area contributed by atoms with Gasteiger partial charge in [0.25, 0.3) is 0 Å². The second kappa shape index (κ2) is 8.78. The van der Waals surface area contributed by atoms with Gasteiger partial charge in [0, 0.05) is 11.5 Å². The van der Waals surface area contributed by atoms with E-state index in [2.05, 4.69) is 4.98 Å². The van der Waals surface area contributed by atoms with Crippen LogP contribution in [0, 0.1) is 5.82 Å². The van der Waals surface area contributed by atoms with E-state index in [0.29, 0.717) is 22.2 Å². The molecule has 1 unspecified atom stereocenters. The molecule has 3 aromatic rings. The molecule has 1 atom stereocenters. The van der Waals surface area contributed by atoms with Crippen LogP contribution in [0.1, 0.15) is 12.8 Å². The monoisotopic (exact) mass is 436 g/mol. The van der Waals surface area contributed by atoms with Gasteiger partial charge in [0.05, 0.1) is 28.1 Å². The van der Waals surface area contributed by atoms with Crippen LogP contribution < -0.4 is 4.90 Å². The van der Waals surface area contributed by atoms with Gasteiger partial charge in [-0.05, 0) is 49.2 Å². The number of para-hydroxylation sites is 1. The SMILES string of the molecule is O=C(CSc1ccc(F)cc1)N(CC1CCCO1)c1nc2c(Cl)cccc2s1. The van der Waals surface area contributed by atoms with E-state index in [1.807, 2.05) is 12.1 Å². The predicted molar refractivity (Wildman–Crippen MR) is 113 cm³/mol. The molecular formula is C20H18ClFN2O2S2. The van der Waals surface area contributed by atoms with Gasteiger partial charge in [0.1, 0.15) is 11.3 Å². The number of nitrogens with zero attached hydrogens (tertiary/aromatic N) is 2. The third kappa shape index (κ3) is 4.49. The zero-order valence-electron chi connectivity index (χ0n) is 14.9. The van der Waals surface area contributed by atoms with Gasteiger partial charge in [0.15, 0.2) is 5.13 Å². The Hall–Kier alpha value is -1.67. The number of aromatic nitrogens is 1. The molecule has 1 aliphatic rings. The number of benzene rings is 2. The summed E-state index contributed by atoms with van der Waals surface area (Å²) in [6, 6.07) is 11.8. The molecule has 1 amide bonds. The highest BCUT2D eigenvalue weighted by molar-refractivity contribution is 8.00. The lowest BCUT2D eigenvalue weighted by Crippen LogP contribution is -2.38. The Morgan fingerprint density at radius 1 is 1.32 bits per heavy atom. The van der Waals surface area contributed by atoms with Crippen molar-refractivity contribution in [3.05, 3.63) is 53.3 Å². The van der Waals surface area contributed by atoms with Gasteiger partial charge in [-0.3, -0.25) is 9.69 Å². The summed E-state index contributed by atoms with van der Waals surface area (Å²) in [4.78, 5) is 20.2. The maximum atomic E-state index is 13.1. The van der Waals surface area contributed by atoms with Crippen molar-refractivity contribution in [1.29, 1.82) is 0 Å². The van der Waals surface area contributed by atoms with Crippen molar-refractivity contribution in [2.75, 3.05) is 23.8 Å². The lowest BCUT2D eigenvalue weighted by Gasteiger charge is -2.23. The Bertz CT molecular complexity index is 974. The predicted octanol–water partition coefficient (Wildman–Crippen LogP) is 5.39. The third-order valence-electron chi connectivity index (χ3n) is 4.48. The highest BCUT2D eigenvalue weighted by Crippen LogP contribution is 2.34. The first-order valence-corrected chi connectivity index (χ1v) is 11.1. The zero-order valence-corrected chi connectivity index (χ0v) is 17.3. The molecule has 1 fully saturated rings. The molecule has 0 spiro atoms. The molecule has 2 aromatic carbocycles. The molecule has 0 N–H and O–H groups in total. The normalized spacial score (nSPS) is 16.6. The van der Waals surface area contributed by atoms with Crippen LogP contribution in [-0.4, -0.2) is 35.9 Å². The van der Waals surface area contributed by atoms with E-state index in [1.165, 1.54) is 35.2 Å². The quantitative estimate of drug-likeness (QED) is 0.485. The van der Waals surface area contributed by atoms with Crippen LogP contribution >= 0.6 is 34.7 Å². The number of hydrogen-bond acceptors (Lipinski definition) is 5. The highest BCUT2D eigenvalue weighted by atomic mass is 35.5. The highest BCUT2D eigenvalue weighted by Gasteiger charge is 2.26. The summed E-state index contributed by atoms with van der Waals surface area (Å²) in [6.45, 7) is 1.20. The van der Waals surface area contributed by atoms with Crippen LogP contribution in [0.2, 0.25) is 5.02 Å². The first kappa shape index (κ1) is 19.6. The van der Waals surface area contributed by atoms with Gasteiger partial charge in [-0.25, -0.2) is 9.37 Å². The molecule has 2 heterocycles. The summed E-state index contributed by atoms with van der Waals surface area (Å²) in [5, 5.41) is 1.20. The number of thioether (sulfide) groups is 1. The Morgan fingerprint density at radius 2 is 2.14 bits per heavy atom. The lowest BCUT2D eigenvalue weighted by atomic mass is 10.2. The van der Waals surface area contributed by atoms with E-state index in [1.54, 1.807) is 23.1 Å². The lowest BCUT2D eigenvalue weighted by molar-refractivity contribution is -0.116. The maximum absolute atomic E-state index is 13.1. The molecule has 146 valence electrons. The second-order valence-electron chi connectivity index (χ2n) is 6.46. The Labute approximate surface area is 175 Å². The zero-order chi connectivity index (χ0) is 19.5. The molecule has 4 rings (SSSR count). The second-order valence-corrected chi connectivity index (χ2v) is 8.93. The van der Waals surface area contributed by atoms with Crippen molar-refractivity contribution in [1.82, 2.24) is 4.98 Å². The Balaban J connectivity index is 1.55. The van der Waals surface area contributed by atoms with Gasteiger partial charge in [-0.15, -0.1) is 11.8 Å². The summed E-state index contributed by atoms with van der Waals surface area (Å²) in [5.41, 5.74) is 0.709. The van der Waals surface area contributed by atoms with Gasteiger partial charge in [-0.1, -0.05) is 29.0 Å². The number of hydrogen-bond donors (Lipinski definition) is 0. The molecule has 28 heavy (non-hydrogen) atoms. The average Bonchev–Trinajstić information content (AvgIpc) is 3.35. The summed E-state index contributed by atoms with van der Waals surface area (Å²) < 4.78 is 19.8. The van der Waals surface area contributed by atoms with Crippen LogP contribution in [-0.2, 0) is 9.53 Å². The summed E-state index contributed by atoms with van der Waals surface area (Å²) in [5.74, 6) is -0.107. The molecule has 0 saturated carbocycles. The smallest absolute Gasteiger partial charge is 0.239 e. The third-order valence-corrected chi connectivity index (χ3v) is 6.82. The first-order valence-electron chi connectivity index (χ1n) is 8.95. The van der Waals surface area contributed by atoms with E-state index in [-0.39, 0.29) is 23.6 Å². The Morgan fingerprint density at radius 3 is 2.86 bits per heavy atom. The van der Waals surface area contributed by atoms with Gasteiger partial charge >= 0.3 is 0 Å². The van der Waals surface area contributed by atoms with Crippen LogP contribution in [0.3, 0.4) is 0 Å². The number of ether oxygens (including phenoxy) is 1. The van der Waals surface area contributed by atoms with Gasteiger partial charge in [0.2, 0.25) is 5.91 Å². The number of amides is 1. The van der Waals surface area contributed by atoms with Crippen molar-refractivity contribution in [3.8, 4) is 0 Å². The standard InChI is InChI=1S/C20H18ClFN2O2S2/c21-16-4-1-5-17-19(16)23-20(28-17)24(11-14-3-2-10-26-14)18(25)12-27-15-8-6-13(22)7-9-15/h1,4-9,14H,2-3,10-12H2. The largest absolute Gasteiger partial charge is 0.376 e. The van der Waals surface area contributed by atoms with Gasteiger partial charge in [-0.2, -0.15) is 0 Å². The minimum atomic E-state index is -0.290.